The van der Waals surface area contributed by atoms with E-state index in [1.807, 2.05) is 13.0 Å². The maximum absolute atomic E-state index is 12.8. The van der Waals surface area contributed by atoms with Crippen LogP contribution in [0.5, 0.6) is 0 Å². The van der Waals surface area contributed by atoms with Crippen LogP contribution in [-0.2, 0) is 9.59 Å². The second-order valence-corrected chi connectivity index (χ2v) is 6.80. The van der Waals surface area contributed by atoms with Crippen molar-refractivity contribution in [1.29, 1.82) is 0 Å². The van der Waals surface area contributed by atoms with Crippen LogP contribution in [0.15, 0.2) is 18.3 Å². The van der Waals surface area contributed by atoms with Crippen molar-refractivity contribution < 1.29 is 19.5 Å². The molecule has 1 aromatic carbocycles. The summed E-state index contributed by atoms with van der Waals surface area (Å²) in [7, 11) is 1.59. The van der Waals surface area contributed by atoms with Crippen LogP contribution in [-0.4, -0.2) is 69.6 Å². The number of carbonyl (C=O) groups is 3. The Hall–Kier alpha value is -2.90. The SMILES string of the molecule is Cc1cc(C(=O)N(C)CC(=O)N2CCC(C(=O)O)CC2)c2[nH]ncc2c1. The van der Waals surface area contributed by atoms with E-state index in [0.717, 1.165) is 10.9 Å². The number of aryl methyl sites for hydroxylation is 1. The Morgan fingerprint density at radius 3 is 2.65 bits per heavy atom. The first-order valence-corrected chi connectivity index (χ1v) is 8.56. The molecule has 0 atom stereocenters. The van der Waals surface area contributed by atoms with Gasteiger partial charge in [-0.25, -0.2) is 0 Å². The van der Waals surface area contributed by atoms with Gasteiger partial charge in [0.05, 0.1) is 29.7 Å². The summed E-state index contributed by atoms with van der Waals surface area (Å²) in [5.74, 6) is -1.62. The molecule has 1 aliphatic rings. The predicted octanol–water partition coefficient (Wildman–Crippen LogP) is 1.27. The molecule has 2 heterocycles. The molecule has 3 rings (SSSR count). The Morgan fingerprint density at radius 2 is 2.00 bits per heavy atom. The predicted molar refractivity (Wildman–Crippen MR) is 94.7 cm³/mol. The highest BCUT2D eigenvalue weighted by Gasteiger charge is 2.28. The monoisotopic (exact) mass is 358 g/mol. The number of benzene rings is 1. The van der Waals surface area contributed by atoms with Gasteiger partial charge in [0.1, 0.15) is 0 Å². The van der Waals surface area contributed by atoms with Crippen LogP contribution in [0.2, 0.25) is 0 Å². The number of H-pyrrole nitrogens is 1. The molecule has 2 aromatic rings. The first-order valence-electron chi connectivity index (χ1n) is 8.56. The molecule has 8 nitrogen and oxygen atoms in total. The summed E-state index contributed by atoms with van der Waals surface area (Å²) >= 11 is 0. The van der Waals surface area contributed by atoms with Gasteiger partial charge in [-0.3, -0.25) is 19.5 Å². The van der Waals surface area contributed by atoms with Gasteiger partial charge in [-0.05, 0) is 37.5 Å². The Kier molecular flexibility index (Phi) is 4.92. The van der Waals surface area contributed by atoms with Crippen molar-refractivity contribution in [2.45, 2.75) is 19.8 Å². The lowest BCUT2D eigenvalue weighted by Crippen LogP contribution is -2.45. The van der Waals surface area contributed by atoms with E-state index < -0.39 is 5.97 Å². The van der Waals surface area contributed by atoms with Gasteiger partial charge in [-0.1, -0.05) is 0 Å². The van der Waals surface area contributed by atoms with Gasteiger partial charge < -0.3 is 14.9 Å². The summed E-state index contributed by atoms with van der Waals surface area (Å²) in [4.78, 5) is 39.3. The lowest BCUT2D eigenvalue weighted by molar-refractivity contribution is -0.145. The molecule has 138 valence electrons. The largest absolute Gasteiger partial charge is 0.481 e. The van der Waals surface area contributed by atoms with Crippen molar-refractivity contribution in [3.05, 3.63) is 29.5 Å². The number of likely N-dealkylation sites (tertiary alicyclic amines) is 1. The number of fused-ring (bicyclic) bond motifs is 1. The highest BCUT2D eigenvalue weighted by molar-refractivity contribution is 6.06. The number of aromatic nitrogens is 2. The number of carboxylic acids is 1. The lowest BCUT2D eigenvalue weighted by atomic mass is 9.97. The number of nitrogens with one attached hydrogen (secondary N) is 1. The molecule has 0 radical (unpaired) electrons. The zero-order valence-corrected chi connectivity index (χ0v) is 14.9. The molecule has 2 amide bonds. The molecular weight excluding hydrogens is 336 g/mol. The standard InChI is InChI=1S/C18H22N4O4/c1-11-7-13-9-19-20-16(13)14(8-11)17(24)21(2)10-15(23)22-5-3-12(4-6-22)18(25)26/h7-9,12H,3-6,10H2,1-2H3,(H,19,20)(H,25,26). The van der Waals surface area contributed by atoms with E-state index in [-0.39, 0.29) is 24.3 Å². The fourth-order valence-electron chi connectivity index (χ4n) is 3.33. The number of piperidine rings is 1. The van der Waals surface area contributed by atoms with E-state index in [1.54, 1.807) is 24.2 Å². The van der Waals surface area contributed by atoms with Crippen molar-refractivity contribution in [1.82, 2.24) is 20.0 Å². The highest BCUT2D eigenvalue weighted by Crippen LogP contribution is 2.21. The fourth-order valence-corrected chi connectivity index (χ4v) is 3.33. The number of aromatic amines is 1. The summed E-state index contributed by atoms with van der Waals surface area (Å²) in [5.41, 5.74) is 2.08. The maximum atomic E-state index is 12.8. The molecule has 0 bridgehead atoms. The highest BCUT2D eigenvalue weighted by atomic mass is 16.4. The van der Waals surface area contributed by atoms with Gasteiger partial charge >= 0.3 is 5.97 Å². The molecule has 1 fully saturated rings. The van der Waals surface area contributed by atoms with E-state index >= 15 is 0 Å². The van der Waals surface area contributed by atoms with Crippen LogP contribution < -0.4 is 0 Å². The van der Waals surface area contributed by atoms with Crippen LogP contribution in [0.1, 0.15) is 28.8 Å². The summed E-state index contributed by atoms with van der Waals surface area (Å²) in [6, 6.07) is 3.72. The van der Waals surface area contributed by atoms with Gasteiger partial charge in [-0.15, -0.1) is 0 Å². The van der Waals surface area contributed by atoms with E-state index in [2.05, 4.69) is 10.2 Å². The molecule has 1 aromatic heterocycles. The second-order valence-electron chi connectivity index (χ2n) is 6.80. The molecule has 0 aliphatic carbocycles. The number of carbonyl (C=O) groups excluding carboxylic acids is 2. The molecule has 0 saturated carbocycles. The summed E-state index contributed by atoms with van der Waals surface area (Å²) in [6.07, 6.45) is 2.56. The molecular formula is C18H22N4O4. The summed E-state index contributed by atoms with van der Waals surface area (Å²) in [5, 5.41) is 16.7. The smallest absolute Gasteiger partial charge is 0.306 e. The number of hydrogen-bond donors (Lipinski definition) is 2. The van der Waals surface area contributed by atoms with Crippen LogP contribution in [0, 0.1) is 12.8 Å². The van der Waals surface area contributed by atoms with Crippen LogP contribution >= 0.6 is 0 Å². The number of nitrogens with zero attached hydrogens (tertiary/aromatic N) is 3. The minimum atomic E-state index is -0.813. The van der Waals surface area contributed by atoms with E-state index in [4.69, 9.17) is 5.11 Å². The number of aliphatic carboxylic acids is 1. The second kappa shape index (κ2) is 7.15. The lowest BCUT2D eigenvalue weighted by Gasteiger charge is -2.31. The normalized spacial score (nSPS) is 15.2. The fraction of sp³-hybridized carbons (Fsp3) is 0.444. The average molecular weight is 358 g/mol. The zero-order chi connectivity index (χ0) is 18.8. The number of hydrogen-bond acceptors (Lipinski definition) is 4. The number of amides is 2. The third-order valence-electron chi connectivity index (χ3n) is 4.84. The summed E-state index contributed by atoms with van der Waals surface area (Å²) < 4.78 is 0. The van der Waals surface area contributed by atoms with Crippen molar-refractivity contribution >= 4 is 28.7 Å². The number of carboxylic acid groups (broad SMARTS) is 1. The van der Waals surface area contributed by atoms with E-state index in [9.17, 15) is 14.4 Å². The first kappa shape index (κ1) is 17.9. The minimum absolute atomic E-state index is 0.0415. The van der Waals surface area contributed by atoms with Crippen molar-refractivity contribution in [3.8, 4) is 0 Å². The molecule has 8 heteroatoms. The summed E-state index contributed by atoms with van der Waals surface area (Å²) in [6.45, 7) is 2.68. The van der Waals surface area contributed by atoms with Crippen molar-refractivity contribution in [2.75, 3.05) is 26.7 Å². The van der Waals surface area contributed by atoms with Gasteiger partial charge in [-0.2, -0.15) is 5.10 Å². The Balaban J connectivity index is 1.66. The van der Waals surface area contributed by atoms with Gasteiger partial charge in [0, 0.05) is 25.5 Å². The Labute approximate surface area is 150 Å². The van der Waals surface area contributed by atoms with Crippen molar-refractivity contribution in [3.63, 3.8) is 0 Å². The Morgan fingerprint density at radius 1 is 1.31 bits per heavy atom. The van der Waals surface area contributed by atoms with Crippen LogP contribution in [0.3, 0.4) is 0 Å². The molecule has 0 unspecified atom stereocenters. The topological polar surface area (TPSA) is 107 Å². The van der Waals surface area contributed by atoms with Crippen molar-refractivity contribution in [2.24, 2.45) is 5.92 Å². The molecule has 26 heavy (non-hydrogen) atoms. The third-order valence-corrected chi connectivity index (χ3v) is 4.84. The van der Waals surface area contributed by atoms with E-state index in [0.29, 0.717) is 37.0 Å². The molecule has 0 spiro atoms. The first-order chi connectivity index (χ1) is 12.4. The minimum Gasteiger partial charge on any atom is -0.481 e. The van der Waals surface area contributed by atoms with E-state index in [1.165, 1.54) is 4.90 Å². The van der Waals surface area contributed by atoms with Gasteiger partial charge in [0.15, 0.2) is 0 Å². The zero-order valence-electron chi connectivity index (χ0n) is 14.9. The van der Waals surface area contributed by atoms with Crippen LogP contribution in [0.4, 0.5) is 0 Å². The van der Waals surface area contributed by atoms with Gasteiger partial charge in [0.2, 0.25) is 5.91 Å². The van der Waals surface area contributed by atoms with Crippen LogP contribution in [0.25, 0.3) is 10.9 Å². The third kappa shape index (κ3) is 3.54. The average Bonchev–Trinajstić information content (AvgIpc) is 3.08. The molecule has 1 aliphatic heterocycles. The Bertz CT molecular complexity index is 852. The quantitative estimate of drug-likeness (QED) is 0.856. The number of rotatable bonds is 4. The molecule has 2 N–H and O–H groups in total. The number of likely N-dealkylation sites (N-methyl/N-ethyl adjacent to an activating group) is 1. The maximum Gasteiger partial charge on any atom is 0.306 e. The molecule has 1 saturated heterocycles. The van der Waals surface area contributed by atoms with Gasteiger partial charge in [0.25, 0.3) is 5.91 Å².